The number of nitrogens with one attached hydrogen (secondary N) is 2. The monoisotopic (exact) mass is 674 g/mol. The summed E-state index contributed by atoms with van der Waals surface area (Å²) in [4.78, 5) is 0. The molecule has 0 saturated heterocycles. The largest absolute Gasteiger partial charge is 0.398 e. The molecule has 18 heteroatoms. The van der Waals surface area contributed by atoms with E-state index in [1.807, 2.05) is 0 Å². The second-order valence-corrected chi connectivity index (χ2v) is 9.45. The van der Waals surface area contributed by atoms with Crippen molar-refractivity contribution in [3.05, 3.63) is 114 Å². The third-order valence-electron chi connectivity index (χ3n) is 6.97. The summed E-state index contributed by atoms with van der Waals surface area (Å²) in [6.45, 7) is -0.750. The molecule has 0 atom stereocenters. The summed E-state index contributed by atoms with van der Waals surface area (Å²) >= 11 is 0. The number of hydrogen-bond donors (Lipinski definition) is 4. The topological polar surface area (TPSA) is 124 Å². The quantitative estimate of drug-likeness (QED) is 0.113. The van der Waals surface area contributed by atoms with Gasteiger partial charge in [0.2, 0.25) is 0 Å². The molecule has 0 radical (unpaired) electrons. The molecule has 1 aliphatic carbocycles. The summed E-state index contributed by atoms with van der Waals surface area (Å²) in [5.74, 6) is -26.6. The first-order valence-corrected chi connectivity index (χ1v) is 12.5. The van der Waals surface area contributed by atoms with Gasteiger partial charge in [0, 0.05) is 35.9 Å². The van der Waals surface area contributed by atoms with Crippen molar-refractivity contribution >= 4 is 22.7 Å². The van der Waals surface area contributed by atoms with Gasteiger partial charge in [-0.05, 0) is 7.05 Å². The van der Waals surface area contributed by atoms with E-state index in [4.69, 9.17) is 16.7 Å². The molecule has 0 amide bonds. The Morgan fingerprint density at radius 2 is 1.04 bits per heavy atom. The number of nitriles is 2. The van der Waals surface area contributed by atoms with Crippen LogP contribution in [0.15, 0.2) is 16.7 Å². The second kappa shape index (κ2) is 12.3. The van der Waals surface area contributed by atoms with Gasteiger partial charge < -0.3 is 22.1 Å². The van der Waals surface area contributed by atoms with Crippen LogP contribution in [0.5, 0.6) is 0 Å². The molecule has 0 unspecified atom stereocenters. The standard InChI is InChI=1S/C29H14F12N6/c1-46-5-8-17(32)23(38)14(24(39)18(8)33)29(47-2)12-9(6(3-42)10-19(34)15(30)7(4-43)16(31)20(10)35)11(12)27(44)13-21(36)25(40)28(45)26(41)22(13)37/h46-47H,5,44-45H2,1-2H3. The molecule has 1 saturated carbocycles. The first-order valence-electron chi connectivity index (χ1n) is 12.5. The van der Waals surface area contributed by atoms with Crippen LogP contribution in [0.4, 0.5) is 58.4 Å². The van der Waals surface area contributed by atoms with Crippen molar-refractivity contribution in [3.63, 3.8) is 0 Å². The Kier molecular flexibility index (Phi) is 8.96. The van der Waals surface area contributed by atoms with E-state index < -0.39 is 144 Å². The van der Waals surface area contributed by atoms with E-state index in [-0.39, 0.29) is 0 Å². The number of nitrogens with zero attached hydrogens (tertiary/aromatic N) is 2. The summed E-state index contributed by atoms with van der Waals surface area (Å²) in [7, 11) is 2.00. The van der Waals surface area contributed by atoms with E-state index >= 15 is 17.6 Å². The highest BCUT2D eigenvalue weighted by molar-refractivity contribution is 6.08. The average molecular weight is 674 g/mol. The third-order valence-corrected chi connectivity index (χ3v) is 6.97. The minimum atomic E-state index is -2.38. The number of hydrogen-bond acceptors (Lipinski definition) is 6. The summed E-state index contributed by atoms with van der Waals surface area (Å²) in [5, 5.41) is 23.1. The highest BCUT2D eigenvalue weighted by Gasteiger charge is 2.45. The van der Waals surface area contributed by atoms with Crippen molar-refractivity contribution in [2.45, 2.75) is 6.54 Å². The molecular weight excluding hydrogens is 660 g/mol. The lowest BCUT2D eigenvalue weighted by atomic mass is 10.00. The molecule has 47 heavy (non-hydrogen) atoms. The summed E-state index contributed by atoms with van der Waals surface area (Å²) in [6, 6.07) is 1.97. The molecule has 0 spiro atoms. The fraction of sp³-hybridized carbons (Fsp3) is 0.103. The molecule has 0 aromatic heterocycles. The maximum Gasteiger partial charge on any atom is 0.185 e. The van der Waals surface area contributed by atoms with E-state index in [2.05, 4.69) is 10.6 Å². The van der Waals surface area contributed by atoms with E-state index in [1.165, 1.54) is 7.05 Å². The van der Waals surface area contributed by atoms with Gasteiger partial charge in [0.15, 0.2) is 69.8 Å². The minimum absolute atomic E-state index is 0.750. The van der Waals surface area contributed by atoms with Crippen LogP contribution in [-0.4, -0.2) is 14.1 Å². The van der Waals surface area contributed by atoms with E-state index in [0.717, 1.165) is 19.2 Å². The molecule has 1 aliphatic rings. The highest BCUT2D eigenvalue weighted by Crippen LogP contribution is 2.56. The van der Waals surface area contributed by atoms with Crippen LogP contribution in [0, 0.1) is 92.5 Å². The normalized spacial score (nSPS) is 15.7. The van der Waals surface area contributed by atoms with Crippen molar-refractivity contribution in [2.75, 3.05) is 19.8 Å². The second-order valence-electron chi connectivity index (χ2n) is 9.45. The Labute approximate surface area is 255 Å². The van der Waals surface area contributed by atoms with E-state index in [9.17, 15) is 40.4 Å². The molecule has 6 nitrogen and oxygen atoms in total. The van der Waals surface area contributed by atoms with Crippen LogP contribution < -0.4 is 22.1 Å². The lowest BCUT2D eigenvalue weighted by molar-refractivity contribution is 0.431. The van der Waals surface area contributed by atoms with Crippen molar-refractivity contribution in [1.29, 1.82) is 10.5 Å². The first-order chi connectivity index (χ1) is 22.0. The number of anilines is 1. The maximum absolute atomic E-state index is 15.3. The lowest BCUT2D eigenvalue weighted by Crippen LogP contribution is -2.17. The zero-order valence-electron chi connectivity index (χ0n) is 23.3. The van der Waals surface area contributed by atoms with E-state index in [1.54, 1.807) is 0 Å². The number of benzene rings is 3. The van der Waals surface area contributed by atoms with Gasteiger partial charge in [-0.15, -0.1) is 0 Å². The smallest absolute Gasteiger partial charge is 0.185 e. The van der Waals surface area contributed by atoms with Crippen molar-refractivity contribution in [3.8, 4) is 12.1 Å². The molecule has 4 rings (SSSR count). The van der Waals surface area contributed by atoms with Gasteiger partial charge in [0.25, 0.3) is 0 Å². The molecule has 244 valence electrons. The van der Waals surface area contributed by atoms with Crippen LogP contribution in [0.2, 0.25) is 0 Å². The van der Waals surface area contributed by atoms with Crippen molar-refractivity contribution in [1.82, 2.24) is 10.6 Å². The van der Waals surface area contributed by atoms with Crippen LogP contribution in [0.1, 0.15) is 27.8 Å². The van der Waals surface area contributed by atoms with Gasteiger partial charge in [-0.2, -0.15) is 10.5 Å². The van der Waals surface area contributed by atoms with Gasteiger partial charge in [0.1, 0.15) is 23.4 Å². The molecule has 0 aliphatic heterocycles. The lowest BCUT2D eigenvalue weighted by Gasteiger charge is -2.14. The molecular formula is C29H14F12N6. The Balaban J connectivity index is 2.29. The van der Waals surface area contributed by atoms with E-state index in [0.29, 0.717) is 0 Å². The summed E-state index contributed by atoms with van der Waals surface area (Å²) in [5.41, 5.74) is -6.44. The Hall–Kier alpha value is -5.62. The van der Waals surface area contributed by atoms with Gasteiger partial charge >= 0.3 is 0 Å². The molecule has 6 N–H and O–H groups in total. The van der Waals surface area contributed by atoms with Gasteiger partial charge in [-0.25, -0.2) is 52.7 Å². The summed E-state index contributed by atoms with van der Waals surface area (Å²) in [6.07, 6.45) is 0. The van der Waals surface area contributed by atoms with Gasteiger partial charge in [-0.3, -0.25) is 0 Å². The fourth-order valence-corrected chi connectivity index (χ4v) is 4.76. The molecule has 0 heterocycles. The van der Waals surface area contributed by atoms with Crippen LogP contribution in [-0.2, 0) is 6.54 Å². The molecule has 3 aromatic rings. The SMILES string of the molecule is CNCc1c(F)c(F)c(C(NC)=C2C(=C(N)c3c(F)c(F)c(N)c(F)c3F)C2=C(C#N)c2c(F)c(F)c(C#N)c(F)c2F)c(F)c1F. The average Bonchev–Trinajstić information content (AvgIpc) is 3.78. The molecule has 1 fully saturated rings. The number of nitrogen functional groups attached to an aromatic ring is 1. The maximum atomic E-state index is 15.3. The third kappa shape index (κ3) is 4.97. The highest BCUT2D eigenvalue weighted by atomic mass is 19.2. The molecule has 3 aromatic carbocycles. The minimum Gasteiger partial charge on any atom is -0.398 e. The van der Waals surface area contributed by atoms with Crippen LogP contribution in [0.3, 0.4) is 0 Å². The predicted molar refractivity (Wildman–Crippen MR) is 140 cm³/mol. The van der Waals surface area contributed by atoms with Gasteiger partial charge in [-0.1, -0.05) is 0 Å². The predicted octanol–water partition coefficient (Wildman–Crippen LogP) is 5.82. The van der Waals surface area contributed by atoms with Crippen molar-refractivity contribution < 1.29 is 52.7 Å². The Bertz CT molecular complexity index is 2020. The zero-order chi connectivity index (χ0) is 35.4. The number of nitrogens with two attached hydrogens (primary N) is 2. The first kappa shape index (κ1) is 34.3. The number of rotatable bonds is 6. The zero-order valence-corrected chi connectivity index (χ0v) is 23.3. The van der Waals surface area contributed by atoms with Crippen LogP contribution in [0.25, 0.3) is 17.0 Å². The van der Waals surface area contributed by atoms with Crippen molar-refractivity contribution in [2.24, 2.45) is 5.73 Å². The fourth-order valence-electron chi connectivity index (χ4n) is 4.76. The Morgan fingerprint density at radius 1 is 0.596 bits per heavy atom. The number of allylic oxidation sites excluding steroid dienone is 4. The van der Waals surface area contributed by atoms with Gasteiger partial charge in [0.05, 0.1) is 33.7 Å². The van der Waals surface area contributed by atoms with Crippen LogP contribution >= 0.6 is 0 Å². The Morgan fingerprint density at radius 3 is 1.45 bits per heavy atom. The molecule has 0 bridgehead atoms. The summed E-state index contributed by atoms with van der Waals surface area (Å²) < 4.78 is 178. The number of halogens is 12.